The third-order valence-corrected chi connectivity index (χ3v) is 1.27. The predicted molar refractivity (Wildman–Crippen MR) is 41.4 cm³/mol. The first kappa shape index (κ1) is 5.85. The van der Waals surface area contributed by atoms with Crippen molar-refractivity contribution in [2.45, 2.75) is 0 Å². The van der Waals surface area contributed by atoms with Gasteiger partial charge >= 0.3 is 0 Å². The Labute approximate surface area is 58.7 Å². The number of aromatic nitrogens is 1. The van der Waals surface area contributed by atoms with Crippen LogP contribution in [0.15, 0.2) is 24.5 Å². The van der Waals surface area contributed by atoms with E-state index in [4.69, 9.17) is 12.2 Å². The Morgan fingerprint density at radius 3 is 2.12 bits per heavy atom. The molecule has 8 heavy (non-hydrogen) atoms. The van der Waals surface area contributed by atoms with E-state index in [2.05, 4.69) is 12.6 Å². The van der Waals surface area contributed by atoms with Gasteiger partial charge in [-0.25, -0.2) is 0 Å². The van der Waals surface area contributed by atoms with Crippen LogP contribution in [0.1, 0.15) is 0 Å². The molecule has 0 atom stereocenters. The number of rotatable bonds is 0. The molecule has 0 aromatic carbocycles. The average Bonchev–Trinajstić information content (AvgIpc) is 2.12. The second-order valence-corrected chi connectivity index (χ2v) is 2.49. The van der Waals surface area contributed by atoms with E-state index in [1.807, 2.05) is 24.5 Å². The zero-order chi connectivity index (χ0) is 5.98. The summed E-state index contributed by atoms with van der Waals surface area (Å²) in [6.45, 7) is 0. The smallest absolute Gasteiger partial charge is 0.141 e. The van der Waals surface area contributed by atoms with E-state index in [1.165, 1.54) is 0 Å². The lowest BCUT2D eigenvalue weighted by Gasteiger charge is -1.91. The van der Waals surface area contributed by atoms with Gasteiger partial charge in [-0.3, -0.25) is 0 Å². The van der Waals surface area contributed by atoms with Crippen molar-refractivity contribution in [3.8, 4) is 0 Å². The molecule has 1 aromatic rings. The van der Waals surface area contributed by atoms with E-state index in [9.17, 15) is 0 Å². The molecule has 1 heterocycles. The van der Waals surface area contributed by atoms with E-state index in [-0.39, 0.29) is 0 Å². The van der Waals surface area contributed by atoms with Crippen LogP contribution in [0.2, 0.25) is 0 Å². The molecule has 0 radical (unpaired) electrons. The maximum Gasteiger partial charge on any atom is 0.141 e. The Hall–Kier alpha value is -0.280. The van der Waals surface area contributed by atoms with Crippen molar-refractivity contribution in [3.63, 3.8) is 0 Å². The fraction of sp³-hybridized carbons (Fsp3) is 0. The van der Waals surface area contributed by atoms with Crippen LogP contribution in [0.5, 0.6) is 0 Å². The van der Waals surface area contributed by atoms with Gasteiger partial charge in [0.15, 0.2) is 0 Å². The third-order valence-electron chi connectivity index (χ3n) is 0.825. The molecule has 0 aliphatic rings. The van der Waals surface area contributed by atoms with Gasteiger partial charge in [0.05, 0.1) is 0 Å². The molecule has 0 unspecified atom stereocenters. The lowest BCUT2D eigenvalue weighted by Crippen LogP contribution is -1.95. The largest absolute Gasteiger partial charge is 0.310 e. The average molecular weight is 143 g/mol. The first-order chi connectivity index (χ1) is 3.80. The quantitative estimate of drug-likeness (QED) is 0.426. The van der Waals surface area contributed by atoms with Crippen molar-refractivity contribution in [2.24, 2.45) is 0 Å². The number of nitrogens with zero attached hydrogens (tertiary/aromatic N) is 1. The van der Waals surface area contributed by atoms with Gasteiger partial charge in [0, 0.05) is 12.4 Å². The van der Waals surface area contributed by atoms with Gasteiger partial charge in [-0.2, -0.15) is 0 Å². The zero-order valence-electron chi connectivity index (χ0n) is 4.11. The Morgan fingerprint density at radius 1 is 1.38 bits per heavy atom. The Kier molecular flexibility index (Phi) is 1.70. The minimum Gasteiger partial charge on any atom is -0.310 e. The summed E-state index contributed by atoms with van der Waals surface area (Å²) in [5.74, 6) is 0. The van der Waals surface area contributed by atoms with Crippen LogP contribution < -0.4 is 0 Å². The molecule has 1 aromatic heterocycles. The standard InChI is InChI=1S/C5H5NS2/c7-5(8)6-3-1-2-4-6/h1-4H,(H,7,8). The van der Waals surface area contributed by atoms with E-state index in [1.54, 1.807) is 4.57 Å². The summed E-state index contributed by atoms with van der Waals surface area (Å²) in [5.41, 5.74) is 0. The summed E-state index contributed by atoms with van der Waals surface area (Å²) in [7, 11) is 0. The van der Waals surface area contributed by atoms with Crippen LogP contribution >= 0.6 is 24.8 Å². The molecule has 0 fully saturated rings. The van der Waals surface area contributed by atoms with E-state index in [0.717, 1.165) is 0 Å². The van der Waals surface area contributed by atoms with Gasteiger partial charge in [-0.1, -0.05) is 12.2 Å². The third kappa shape index (κ3) is 1.11. The van der Waals surface area contributed by atoms with E-state index in [0.29, 0.717) is 4.32 Å². The molecule has 3 heteroatoms. The normalized spacial score (nSPS) is 9.12. The summed E-state index contributed by atoms with van der Waals surface area (Å²) in [6, 6.07) is 3.81. The fourth-order valence-electron chi connectivity index (χ4n) is 0.462. The Morgan fingerprint density at radius 2 is 1.88 bits per heavy atom. The topological polar surface area (TPSA) is 4.93 Å². The molecular formula is C5H5NS2. The molecule has 1 nitrogen and oxygen atoms in total. The first-order valence-electron chi connectivity index (χ1n) is 2.17. The monoisotopic (exact) mass is 143 g/mol. The van der Waals surface area contributed by atoms with Gasteiger partial charge in [-0.15, -0.1) is 12.6 Å². The summed E-state index contributed by atoms with van der Waals surface area (Å²) in [5, 5.41) is 0. The zero-order valence-corrected chi connectivity index (χ0v) is 5.82. The summed E-state index contributed by atoms with van der Waals surface area (Å²) >= 11 is 8.69. The summed E-state index contributed by atoms with van der Waals surface area (Å²) in [6.07, 6.45) is 3.71. The van der Waals surface area contributed by atoms with Crippen molar-refractivity contribution in [1.29, 1.82) is 0 Å². The minimum atomic E-state index is 0.579. The van der Waals surface area contributed by atoms with Crippen LogP contribution in [0.25, 0.3) is 0 Å². The van der Waals surface area contributed by atoms with Gasteiger partial charge in [-0.05, 0) is 12.1 Å². The number of hydrogen-bond donors (Lipinski definition) is 1. The Bertz CT molecular complexity index is 178. The van der Waals surface area contributed by atoms with Crippen molar-refractivity contribution < 1.29 is 0 Å². The van der Waals surface area contributed by atoms with Gasteiger partial charge in [0.2, 0.25) is 0 Å². The molecule has 0 bridgehead atoms. The van der Waals surface area contributed by atoms with E-state index < -0.39 is 0 Å². The summed E-state index contributed by atoms with van der Waals surface area (Å²) in [4.78, 5) is 0. The second kappa shape index (κ2) is 2.33. The highest BCUT2D eigenvalue weighted by molar-refractivity contribution is 8.11. The van der Waals surface area contributed by atoms with Gasteiger partial charge < -0.3 is 4.57 Å². The minimum absolute atomic E-state index is 0.579. The molecule has 1 rings (SSSR count). The van der Waals surface area contributed by atoms with Crippen LogP contribution in [0.3, 0.4) is 0 Å². The maximum atomic E-state index is 4.74. The molecule has 0 saturated carbocycles. The molecule has 0 aliphatic carbocycles. The Balaban J connectivity index is 2.93. The molecule has 0 spiro atoms. The van der Waals surface area contributed by atoms with Crippen LogP contribution in [-0.2, 0) is 0 Å². The number of thiocarbonyl (C=S) groups is 1. The SMILES string of the molecule is S=C(S)n1cccc1. The fourth-order valence-corrected chi connectivity index (χ4v) is 0.717. The molecule has 0 saturated heterocycles. The number of hydrogen-bond acceptors (Lipinski definition) is 1. The van der Waals surface area contributed by atoms with Crippen LogP contribution in [0, 0.1) is 0 Å². The molecule has 0 amide bonds. The highest BCUT2D eigenvalue weighted by Gasteiger charge is 1.85. The molecular weight excluding hydrogens is 138 g/mol. The summed E-state index contributed by atoms with van der Waals surface area (Å²) < 4.78 is 2.34. The maximum absolute atomic E-state index is 4.74. The lowest BCUT2D eigenvalue weighted by atomic mass is 10.7. The van der Waals surface area contributed by atoms with Crippen molar-refractivity contribution in [1.82, 2.24) is 4.57 Å². The molecule has 0 aliphatic heterocycles. The van der Waals surface area contributed by atoms with E-state index >= 15 is 0 Å². The molecule has 0 N–H and O–H groups in total. The predicted octanol–water partition coefficient (Wildman–Crippen LogP) is 1.55. The lowest BCUT2D eigenvalue weighted by molar-refractivity contribution is 1.22. The van der Waals surface area contributed by atoms with Crippen LogP contribution in [0.4, 0.5) is 0 Å². The van der Waals surface area contributed by atoms with Crippen molar-refractivity contribution in [2.75, 3.05) is 0 Å². The number of thiol groups is 1. The highest BCUT2D eigenvalue weighted by atomic mass is 32.1. The van der Waals surface area contributed by atoms with Crippen molar-refractivity contribution in [3.05, 3.63) is 24.5 Å². The first-order valence-corrected chi connectivity index (χ1v) is 3.02. The van der Waals surface area contributed by atoms with Gasteiger partial charge in [0.25, 0.3) is 0 Å². The van der Waals surface area contributed by atoms with Crippen LogP contribution in [-0.4, -0.2) is 8.89 Å². The second-order valence-electron chi connectivity index (χ2n) is 1.37. The molecule has 42 valence electrons. The van der Waals surface area contributed by atoms with Gasteiger partial charge in [0.1, 0.15) is 4.32 Å². The van der Waals surface area contributed by atoms with Crippen molar-refractivity contribution >= 4 is 29.2 Å². The highest BCUT2D eigenvalue weighted by Crippen LogP contribution is 1.92.